The Hall–Kier alpha value is -4.44. The molecular weight excluding hydrogens is 414 g/mol. The Morgan fingerprint density at radius 2 is 1.76 bits per heavy atom. The average Bonchev–Trinajstić information content (AvgIpc) is 2.87. The van der Waals surface area contributed by atoms with Crippen molar-refractivity contribution in [2.75, 3.05) is 26.1 Å². The maximum absolute atomic E-state index is 9.13. The van der Waals surface area contributed by atoms with E-state index in [1.54, 1.807) is 32.7 Å². The summed E-state index contributed by atoms with van der Waals surface area (Å²) in [6, 6.07) is 17.2. The minimum atomic E-state index is 0.545. The molecule has 164 valence electrons. The van der Waals surface area contributed by atoms with Gasteiger partial charge in [-0.2, -0.15) is 5.26 Å². The third-order valence-corrected chi connectivity index (χ3v) is 5.11. The van der Waals surface area contributed by atoms with Crippen LogP contribution >= 0.6 is 0 Å². The Kier molecular flexibility index (Phi) is 6.76. The largest absolute Gasteiger partial charge is 0.493 e. The van der Waals surface area contributed by atoms with Crippen molar-refractivity contribution in [3.8, 4) is 17.6 Å². The lowest BCUT2D eigenvalue weighted by molar-refractivity contribution is 0.356. The van der Waals surface area contributed by atoms with E-state index in [0.717, 1.165) is 22.9 Å². The van der Waals surface area contributed by atoms with Gasteiger partial charge in [-0.3, -0.25) is 4.98 Å². The van der Waals surface area contributed by atoms with Crippen molar-refractivity contribution in [1.82, 2.24) is 15.0 Å². The summed E-state index contributed by atoms with van der Waals surface area (Å²) in [5, 5.41) is 13.4. The zero-order valence-corrected chi connectivity index (χ0v) is 18.4. The van der Waals surface area contributed by atoms with E-state index >= 15 is 0 Å². The fourth-order valence-electron chi connectivity index (χ4n) is 3.44. The first kappa shape index (κ1) is 21.8. The van der Waals surface area contributed by atoms with Gasteiger partial charge in [0.1, 0.15) is 5.82 Å². The third kappa shape index (κ3) is 5.25. The summed E-state index contributed by atoms with van der Waals surface area (Å²) in [4.78, 5) is 13.5. The lowest BCUT2D eigenvalue weighted by atomic mass is 10.1. The number of nitrogens with one attached hydrogen (secondary N) is 1. The summed E-state index contributed by atoms with van der Waals surface area (Å²) in [5.74, 6) is 2.47. The minimum absolute atomic E-state index is 0.545. The molecule has 0 radical (unpaired) electrons. The predicted octanol–water partition coefficient (Wildman–Crippen LogP) is 4.74. The Morgan fingerprint density at radius 1 is 0.970 bits per heavy atom. The topological polar surface area (TPSA) is 93.0 Å². The number of benzene rings is 2. The molecule has 7 nitrogen and oxygen atoms in total. The summed E-state index contributed by atoms with van der Waals surface area (Å²) in [6.07, 6.45) is 8.13. The number of ether oxygens (including phenoxy) is 2. The van der Waals surface area contributed by atoms with Crippen LogP contribution in [0.4, 0.5) is 5.82 Å². The number of hydrogen-bond donors (Lipinski definition) is 1. The van der Waals surface area contributed by atoms with E-state index in [9.17, 15) is 0 Å². The van der Waals surface area contributed by atoms with Crippen LogP contribution in [-0.4, -0.2) is 35.7 Å². The van der Waals surface area contributed by atoms with E-state index in [2.05, 4.69) is 16.4 Å². The molecule has 2 aromatic carbocycles. The summed E-state index contributed by atoms with van der Waals surface area (Å²) in [6.45, 7) is 0.692. The van der Waals surface area contributed by atoms with Crippen molar-refractivity contribution in [2.45, 2.75) is 6.42 Å². The van der Waals surface area contributed by atoms with Gasteiger partial charge < -0.3 is 14.8 Å². The molecular formula is C26H23N5O2. The van der Waals surface area contributed by atoms with Crippen LogP contribution in [0.25, 0.3) is 23.1 Å². The van der Waals surface area contributed by atoms with Gasteiger partial charge in [-0.15, -0.1) is 0 Å². The third-order valence-electron chi connectivity index (χ3n) is 5.11. The highest BCUT2D eigenvalue weighted by atomic mass is 16.5. The van der Waals surface area contributed by atoms with Gasteiger partial charge in [0.25, 0.3) is 0 Å². The van der Waals surface area contributed by atoms with Gasteiger partial charge in [0.05, 0.1) is 31.4 Å². The van der Waals surface area contributed by atoms with Gasteiger partial charge >= 0.3 is 0 Å². The van der Waals surface area contributed by atoms with E-state index in [4.69, 9.17) is 24.7 Å². The number of methoxy groups -OCH3 is 2. The lowest BCUT2D eigenvalue weighted by Crippen LogP contribution is -2.08. The second-order valence-electron chi connectivity index (χ2n) is 7.26. The molecule has 0 fully saturated rings. The molecule has 33 heavy (non-hydrogen) atoms. The molecule has 0 atom stereocenters. The number of aromatic nitrogens is 3. The highest BCUT2D eigenvalue weighted by Crippen LogP contribution is 2.34. The number of nitrogens with zero attached hydrogens (tertiary/aromatic N) is 4. The van der Waals surface area contributed by atoms with E-state index in [1.807, 2.05) is 54.6 Å². The zero-order valence-electron chi connectivity index (χ0n) is 18.4. The number of fused-ring (bicyclic) bond motifs is 1. The van der Waals surface area contributed by atoms with Gasteiger partial charge in [0, 0.05) is 30.4 Å². The average molecular weight is 438 g/mol. The van der Waals surface area contributed by atoms with E-state index in [0.29, 0.717) is 35.2 Å². The molecule has 0 spiro atoms. The Morgan fingerprint density at radius 3 is 2.52 bits per heavy atom. The summed E-state index contributed by atoms with van der Waals surface area (Å²) in [7, 11) is 3.20. The van der Waals surface area contributed by atoms with Gasteiger partial charge in [0.15, 0.2) is 17.3 Å². The molecule has 1 N–H and O–H groups in total. The molecule has 0 aliphatic carbocycles. The Labute approximate surface area is 192 Å². The van der Waals surface area contributed by atoms with Crippen molar-refractivity contribution >= 4 is 28.9 Å². The van der Waals surface area contributed by atoms with Crippen LogP contribution in [-0.2, 0) is 6.42 Å². The van der Waals surface area contributed by atoms with Crippen LogP contribution in [0.5, 0.6) is 11.5 Å². The van der Waals surface area contributed by atoms with Crippen molar-refractivity contribution in [3.05, 3.63) is 83.4 Å². The van der Waals surface area contributed by atoms with Crippen molar-refractivity contribution in [3.63, 3.8) is 0 Å². The molecule has 0 saturated heterocycles. The number of rotatable bonds is 8. The molecule has 4 aromatic rings. The second-order valence-corrected chi connectivity index (χ2v) is 7.26. The maximum atomic E-state index is 9.13. The highest BCUT2D eigenvalue weighted by Gasteiger charge is 2.12. The first-order chi connectivity index (χ1) is 16.2. The summed E-state index contributed by atoms with van der Waals surface area (Å²) in [5.41, 5.74) is 3.43. The Bertz CT molecular complexity index is 1330. The molecule has 0 unspecified atom stereocenters. The molecule has 7 heteroatoms. The van der Waals surface area contributed by atoms with Crippen LogP contribution in [0.1, 0.15) is 22.5 Å². The first-order valence-corrected chi connectivity index (χ1v) is 10.4. The maximum Gasteiger partial charge on any atom is 0.162 e. The van der Waals surface area contributed by atoms with Crippen LogP contribution in [0.3, 0.4) is 0 Å². The highest BCUT2D eigenvalue weighted by molar-refractivity contribution is 5.92. The standard InChI is InChI=1S/C26H23N5O2/c1-32-23-15-21-22(16-24(23)33-2)30-25(7-6-19-4-3-5-20(14-19)17-27)31-26(21)29-13-10-18-8-11-28-12-9-18/h3-9,11-12,14-16H,10,13H2,1-2H3,(H,29,30,31)/b7-6+. The van der Waals surface area contributed by atoms with Gasteiger partial charge in [-0.05, 0) is 54.0 Å². The van der Waals surface area contributed by atoms with Gasteiger partial charge in [-0.25, -0.2) is 9.97 Å². The number of nitriles is 1. The van der Waals surface area contributed by atoms with Gasteiger partial charge in [-0.1, -0.05) is 18.2 Å². The molecule has 0 aliphatic heterocycles. The fourth-order valence-corrected chi connectivity index (χ4v) is 3.44. The monoisotopic (exact) mass is 437 g/mol. The van der Waals surface area contributed by atoms with E-state index in [1.165, 1.54) is 5.56 Å². The summed E-state index contributed by atoms with van der Waals surface area (Å²) >= 11 is 0. The number of pyridine rings is 1. The number of anilines is 1. The first-order valence-electron chi connectivity index (χ1n) is 10.4. The fraction of sp³-hybridized carbons (Fsp3) is 0.154. The smallest absolute Gasteiger partial charge is 0.162 e. The molecule has 2 aromatic heterocycles. The van der Waals surface area contributed by atoms with Crippen LogP contribution in [0.2, 0.25) is 0 Å². The molecule has 0 amide bonds. The SMILES string of the molecule is COc1cc2nc(/C=C/c3cccc(C#N)c3)nc(NCCc3ccncc3)c2cc1OC. The molecule has 0 aliphatic rings. The van der Waals surface area contributed by atoms with E-state index < -0.39 is 0 Å². The quantitative estimate of drug-likeness (QED) is 0.426. The van der Waals surface area contributed by atoms with Crippen molar-refractivity contribution in [1.29, 1.82) is 5.26 Å². The van der Waals surface area contributed by atoms with E-state index in [-0.39, 0.29) is 0 Å². The lowest BCUT2D eigenvalue weighted by Gasteiger charge is -2.13. The molecule has 2 heterocycles. The van der Waals surface area contributed by atoms with Crippen LogP contribution < -0.4 is 14.8 Å². The van der Waals surface area contributed by atoms with Crippen molar-refractivity contribution < 1.29 is 9.47 Å². The van der Waals surface area contributed by atoms with Crippen LogP contribution in [0, 0.1) is 11.3 Å². The van der Waals surface area contributed by atoms with Gasteiger partial charge in [0.2, 0.25) is 0 Å². The summed E-state index contributed by atoms with van der Waals surface area (Å²) < 4.78 is 10.9. The van der Waals surface area contributed by atoms with Crippen molar-refractivity contribution in [2.24, 2.45) is 0 Å². The molecule has 0 saturated carbocycles. The van der Waals surface area contributed by atoms with Crippen LogP contribution in [0.15, 0.2) is 60.9 Å². The molecule has 0 bridgehead atoms. The molecule has 4 rings (SSSR count). The minimum Gasteiger partial charge on any atom is -0.493 e. The zero-order chi connectivity index (χ0) is 23.0. The Balaban J connectivity index is 1.69. The normalized spacial score (nSPS) is 10.8. The number of hydrogen-bond acceptors (Lipinski definition) is 7. The second kappa shape index (κ2) is 10.2. The predicted molar refractivity (Wildman–Crippen MR) is 129 cm³/mol.